The van der Waals surface area contributed by atoms with Gasteiger partial charge in [-0.05, 0) is 31.5 Å². The number of H-pyrrole nitrogens is 1. The van der Waals surface area contributed by atoms with Gasteiger partial charge in [0.25, 0.3) is 5.56 Å². The van der Waals surface area contributed by atoms with Crippen LogP contribution in [0.4, 0.5) is 0 Å². The highest BCUT2D eigenvalue weighted by atomic mass is 35.5. The Labute approximate surface area is 176 Å². The van der Waals surface area contributed by atoms with E-state index < -0.39 is 15.2 Å². The van der Waals surface area contributed by atoms with Gasteiger partial charge in [-0.3, -0.25) is 9.69 Å². The third kappa shape index (κ3) is 4.41. The first-order valence-corrected chi connectivity index (χ1v) is 11.4. The smallest absolute Gasteiger partial charge is 0.251 e. The van der Waals surface area contributed by atoms with E-state index in [2.05, 4.69) is 16.9 Å². The Morgan fingerprint density at radius 3 is 2.61 bits per heavy atom. The molecule has 1 unspecified atom stereocenters. The minimum absolute atomic E-state index is 0. The summed E-state index contributed by atoms with van der Waals surface area (Å²) in [6.07, 6.45) is 2.14. The molecule has 9 heteroatoms. The molecule has 1 aliphatic heterocycles. The van der Waals surface area contributed by atoms with Crippen LogP contribution in [0, 0.1) is 6.92 Å². The quantitative estimate of drug-likeness (QED) is 0.670. The molecule has 3 rings (SSSR count). The Balaban J connectivity index is 0.00000280. The molecule has 0 amide bonds. The first kappa shape index (κ1) is 22.8. The van der Waals surface area contributed by atoms with E-state index in [0.29, 0.717) is 29.3 Å². The van der Waals surface area contributed by atoms with Crippen LogP contribution in [0.25, 0.3) is 10.4 Å². The van der Waals surface area contributed by atoms with Crippen molar-refractivity contribution < 1.29 is 8.42 Å². The van der Waals surface area contributed by atoms with Gasteiger partial charge < -0.3 is 10.3 Å². The van der Waals surface area contributed by atoms with Crippen LogP contribution in [0.5, 0.6) is 0 Å². The number of nitrogens with zero attached hydrogens (tertiary/aromatic N) is 1. The molecule has 2 aromatic heterocycles. The number of sulfone groups is 1. The molecule has 0 aliphatic carbocycles. The van der Waals surface area contributed by atoms with Gasteiger partial charge in [0.05, 0.1) is 0 Å². The lowest BCUT2D eigenvalue weighted by Crippen LogP contribution is -2.50. The number of hydrogen-bond donors (Lipinski definition) is 2. The van der Waals surface area contributed by atoms with Crippen LogP contribution in [0.1, 0.15) is 18.2 Å². The molecule has 0 spiro atoms. The summed E-state index contributed by atoms with van der Waals surface area (Å²) in [5, 5.41) is 2.51. The van der Waals surface area contributed by atoms with Crippen LogP contribution < -0.4 is 10.9 Å². The molecule has 1 fully saturated rings. The van der Waals surface area contributed by atoms with E-state index in [1.165, 1.54) is 17.4 Å². The Morgan fingerprint density at radius 2 is 2.00 bits per heavy atom. The van der Waals surface area contributed by atoms with Crippen molar-refractivity contribution in [2.75, 3.05) is 26.2 Å². The van der Waals surface area contributed by atoms with Gasteiger partial charge in [-0.25, -0.2) is 8.42 Å². The molecule has 0 bridgehead atoms. The molecule has 2 aromatic rings. The van der Waals surface area contributed by atoms with Crippen molar-refractivity contribution in [3.05, 3.63) is 52.5 Å². The summed E-state index contributed by atoms with van der Waals surface area (Å²) >= 11 is 1.24. The fourth-order valence-electron chi connectivity index (χ4n) is 3.33. The van der Waals surface area contributed by atoms with Gasteiger partial charge in [-0.15, -0.1) is 30.3 Å². The molecule has 6 nitrogen and oxygen atoms in total. The first-order valence-electron chi connectivity index (χ1n) is 9.02. The molecule has 3 heterocycles. The molecular formula is C19H26ClN3O3S2. The molecular weight excluding hydrogens is 418 g/mol. The third-order valence-electron chi connectivity index (χ3n) is 4.85. The van der Waals surface area contributed by atoms with Crippen molar-refractivity contribution in [1.82, 2.24) is 15.2 Å². The van der Waals surface area contributed by atoms with Crippen LogP contribution in [0.15, 0.2) is 39.9 Å². The van der Waals surface area contributed by atoms with Gasteiger partial charge in [0.1, 0.15) is 9.58 Å². The van der Waals surface area contributed by atoms with Gasteiger partial charge in [0, 0.05) is 47.9 Å². The highest BCUT2D eigenvalue weighted by Crippen LogP contribution is 2.34. The average molecular weight is 444 g/mol. The Hall–Kier alpha value is -1.45. The zero-order valence-electron chi connectivity index (χ0n) is 16.0. The SMILES string of the molecule is C=CC(N1CCNCC1)S(=O)(=O)c1ccc(-c2cc(CC)c(=O)[nH]c2C)s1.Cl. The fraction of sp³-hybridized carbons (Fsp3) is 0.421. The number of aryl methyl sites for hydroxylation is 2. The molecule has 154 valence electrons. The Bertz CT molecular complexity index is 992. The van der Waals surface area contributed by atoms with Crippen molar-refractivity contribution in [1.29, 1.82) is 0 Å². The predicted octanol–water partition coefficient (Wildman–Crippen LogP) is 2.59. The summed E-state index contributed by atoms with van der Waals surface area (Å²) in [4.78, 5) is 17.6. The zero-order chi connectivity index (χ0) is 19.6. The van der Waals surface area contributed by atoms with Crippen LogP contribution in [0.3, 0.4) is 0 Å². The number of thiophene rings is 1. The molecule has 1 atom stereocenters. The van der Waals surface area contributed by atoms with Gasteiger partial charge in [-0.2, -0.15) is 0 Å². The molecule has 2 N–H and O–H groups in total. The number of nitrogens with one attached hydrogen (secondary N) is 2. The molecule has 0 radical (unpaired) electrons. The van der Waals surface area contributed by atoms with E-state index in [1.54, 1.807) is 6.07 Å². The Kier molecular flexibility index (Phi) is 7.64. The number of rotatable bonds is 6. The summed E-state index contributed by atoms with van der Waals surface area (Å²) in [6.45, 7) is 10.4. The van der Waals surface area contributed by atoms with Crippen LogP contribution in [0.2, 0.25) is 0 Å². The summed E-state index contributed by atoms with van der Waals surface area (Å²) < 4.78 is 26.7. The minimum Gasteiger partial charge on any atom is -0.326 e. The summed E-state index contributed by atoms with van der Waals surface area (Å²) in [7, 11) is -3.55. The number of piperazine rings is 1. The van der Waals surface area contributed by atoms with Gasteiger partial charge in [-0.1, -0.05) is 13.0 Å². The average Bonchev–Trinajstić information content (AvgIpc) is 3.14. The van der Waals surface area contributed by atoms with Crippen molar-refractivity contribution >= 4 is 33.6 Å². The maximum atomic E-state index is 13.2. The lowest BCUT2D eigenvalue weighted by molar-refractivity contribution is 0.241. The predicted molar refractivity (Wildman–Crippen MR) is 117 cm³/mol. The molecule has 1 aliphatic rings. The topological polar surface area (TPSA) is 82.3 Å². The second kappa shape index (κ2) is 9.37. The van der Waals surface area contributed by atoms with Gasteiger partial charge >= 0.3 is 0 Å². The number of hydrogen-bond acceptors (Lipinski definition) is 6. The van der Waals surface area contributed by atoms with Crippen molar-refractivity contribution in [2.24, 2.45) is 0 Å². The summed E-state index contributed by atoms with van der Waals surface area (Å²) in [5.74, 6) is 0. The second-order valence-corrected chi connectivity index (χ2v) is 9.95. The van der Waals surface area contributed by atoms with E-state index >= 15 is 0 Å². The maximum absolute atomic E-state index is 13.2. The van der Waals surface area contributed by atoms with E-state index in [9.17, 15) is 13.2 Å². The molecule has 0 saturated carbocycles. The fourth-order valence-corrected chi connectivity index (χ4v) is 6.52. The maximum Gasteiger partial charge on any atom is 0.251 e. The normalized spacial score (nSPS) is 16.4. The van der Waals surface area contributed by atoms with Crippen molar-refractivity contribution in [2.45, 2.75) is 29.9 Å². The zero-order valence-corrected chi connectivity index (χ0v) is 18.5. The minimum atomic E-state index is -3.55. The molecule has 0 aromatic carbocycles. The van der Waals surface area contributed by atoms with E-state index in [0.717, 1.165) is 29.2 Å². The first-order chi connectivity index (χ1) is 12.9. The lowest BCUT2D eigenvalue weighted by atomic mass is 10.1. The van der Waals surface area contributed by atoms with Crippen LogP contribution in [-0.4, -0.2) is 49.9 Å². The number of aromatic amines is 1. The van der Waals surface area contributed by atoms with Crippen LogP contribution >= 0.6 is 23.7 Å². The molecule has 28 heavy (non-hydrogen) atoms. The summed E-state index contributed by atoms with van der Waals surface area (Å²) in [6, 6.07) is 5.33. The summed E-state index contributed by atoms with van der Waals surface area (Å²) in [5.41, 5.74) is 2.22. The highest BCUT2D eigenvalue weighted by Gasteiger charge is 2.32. The number of aromatic nitrogens is 1. The van der Waals surface area contributed by atoms with Crippen molar-refractivity contribution in [3.8, 4) is 10.4 Å². The van der Waals surface area contributed by atoms with Gasteiger partial charge in [0.15, 0.2) is 0 Å². The largest absolute Gasteiger partial charge is 0.326 e. The monoisotopic (exact) mass is 443 g/mol. The molecule has 1 saturated heterocycles. The van der Waals surface area contributed by atoms with E-state index in [1.807, 2.05) is 30.9 Å². The number of pyridine rings is 1. The van der Waals surface area contributed by atoms with E-state index in [4.69, 9.17) is 0 Å². The van der Waals surface area contributed by atoms with Crippen molar-refractivity contribution in [3.63, 3.8) is 0 Å². The van der Waals surface area contributed by atoms with Gasteiger partial charge in [0.2, 0.25) is 9.84 Å². The third-order valence-corrected chi connectivity index (χ3v) is 8.54. The highest BCUT2D eigenvalue weighted by molar-refractivity contribution is 7.94. The standard InChI is InChI=1S/C19H25N3O3S2.ClH/c1-4-14-12-15(13(3)21-19(14)23)16-6-7-18(26-16)27(24,25)17(5-2)22-10-8-20-9-11-22;/h5-7,12,17,20H,2,4,8-11H2,1,3H3,(H,21,23);1H. The Morgan fingerprint density at radius 1 is 1.32 bits per heavy atom. The second-order valence-electron chi connectivity index (χ2n) is 6.59. The lowest BCUT2D eigenvalue weighted by Gasteiger charge is -2.32. The van der Waals surface area contributed by atoms with E-state index in [-0.39, 0.29) is 18.0 Å². The van der Waals surface area contributed by atoms with Crippen LogP contribution in [-0.2, 0) is 16.3 Å². The number of halogens is 1.